The van der Waals surface area contributed by atoms with Gasteiger partial charge in [0.2, 0.25) is 0 Å². The number of alkyl halides is 3. The maximum absolute atomic E-state index is 13.8. The summed E-state index contributed by atoms with van der Waals surface area (Å²) in [6.45, 7) is 0. The van der Waals surface area contributed by atoms with Gasteiger partial charge in [-0.15, -0.1) is 22.7 Å². The van der Waals surface area contributed by atoms with Crippen molar-refractivity contribution in [3.63, 3.8) is 0 Å². The van der Waals surface area contributed by atoms with Gasteiger partial charge in [0.25, 0.3) is 5.91 Å². The SMILES string of the molecule is N#Cc1c(NC(=O)c2nn3c(C(F)(F)F)cc(-c4cccs4)nc3c2Cl)sc2c1CCCC2. The molecule has 4 aromatic heterocycles. The highest BCUT2D eigenvalue weighted by atomic mass is 35.5. The number of thiophene rings is 2. The van der Waals surface area contributed by atoms with E-state index in [0.29, 0.717) is 20.0 Å². The Morgan fingerprint density at radius 2 is 2.09 bits per heavy atom. The fourth-order valence-corrected chi connectivity index (χ4v) is 5.99. The summed E-state index contributed by atoms with van der Waals surface area (Å²) in [5.74, 6) is -0.800. The van der Waals surface area contributed by atoms with E-state index in [1.165, 1.54) is 22.7 Å². The molecule has 0 aliphatic heterocycles. The molecule has 1 aliphatic carbocycles. The predicted molar refractivity (Wildman–Crippen MR) is 120 cm³/mol. The fraction of sp³-hybridized carbons (Fsp3) is 0.238. The minimum atomic E-state index is -4.75. The molecule has 1 N–H and O–H groups in total. The number of aryl methyl sites for hydroxylation is 1. The third-order valence-electron chi connectivity index (χ3n) is 5.32. The number of carbonyl (C=O) groups is 1. The smallest absolute Gasteiger partial charge is 0.311 e. The summed E-state index contributed by atoms with van der Waals surface area (Å²) >= 11 is 8.85. The van der Waals surface area contributed by atoms with Crippen LogP contribution in [0.15, 0.2) is 23.6 Å². The van der Waals surface area contributed by atoms with E-state index in [-0.39, 0.29) is 16.4 Å². The van der Waals surface area contributed by atoms with Gasteiger partial charge >= 0.3 is 6.18 Å². The Hall–Kier alpha value is -2.94. The molecule has 4 heterocycles. The third-order valence-corrected chi connectivity index (χ3v) is 7.77. The van der Waals surface area contributed by atoms with Crippen LogP contribution in [0, 0.1) is 11.3 Å². The zero-order valence-electron chi connectivity index (χ0n) is 16.7. The summed E-state index contributed by atoms with van der Waals surface area (Å²) in [4.78, 5) is 18.8. The molecular formula is C21H13ClF3N5OS2. The van der Waals surface area contributed by atoms with Crippen LogP contribution < -0.4 is 5.32 Å². The van der Waals surface area contributed by atoms with Gasteiger partial charge < -0.3 is 5.32 Å². The molecule has 0 spiro atoms. The molecule has 12 heteroatoms. The highest BCUT2D eigenvalue weighted by molar-refractivity contribution is 7.16. The summed E-state index contributed by atoms with van der Waals surface area (Å²) in [5, 5.41) is 17.8. The van der Waals surface area contributed by atoms with E-state index < -0.39 is 23.5 Å². The molecule has 0 atom stereocenters. The molecule has 33 heavy (non-hydrogen) atoms. The Balaban J connectivity index is 1.59. The normalized spacial score (nSPS) is 13.7. The number of aromatic nitrogens is 3. The first kappa shape index (κ1) is 21.9. The van der Waals surface area contributed by atoms with Gasteiger partial charge in [-0.2, -0.15) is 23.5 Å². The van der Waals surface area contributed by atoms with Crippen LogP contribution >= 0.6 is 34.3 Å². The second kappa shape index (κ2) is 8.13. The van der Waals surface area contributed by atoms with Gasteiger partial charge in [0.1, 0.15) is 16.1 Å². The number of fused-ring (bicyclic) bond motifs is 2. The van der Waals surface area contributed by atoms with E-state index in [0.717, 1.165) is 42.2 Å². The topological polar surface area (TPSA) is 83.1 Å². The molecule has 0 fully saturated rings. The maximum Gasteiger partial charge on any atom is 0.433 e. The highest BCUT2D eigenvalue weighted by Crippen LogP contribution is 2.39. The van der Waals surface area contributed by atoms with Gasteiger partial charge in [0.15, 0.2) is 17.0 Å². The first-order chi connectivity index (χ1) is 15.8. The first-order valence-corrected chi connectivity index (χ1v) is 11.9. The number of nitriles is 1. The van der Waals surface area contributed by atoms with E-state index in [1.54, 1.807) is 17.5 Å². The molecule has 0 saturated carbocycles. The summed E-state index contributed by atoms with van der Waals surface area (Å²) in [5.41, 5.74) is -0.375. The molecule has 0 radical (unpaired) electrons. The number of halogens is 4. The van der Waals surface area contributed by atoms with E-state index in [1.807, 2.05) is 0 Å². The lowest BCUT2D eigenvalue weighted by Crippen LogP contribution is -2.15. The number of carbonyl (C=O) groups excluding carboxylic acids is 1. The van der Waals surface area contributed by atoms with Crippen molar-refractivity contribution in [1.82, 2.24) is 14.6 Å². The molecule has 0 unspecified atom stereocenters. The predicted octanol–water partition coefficient (Wildman–Crippen LogP) is 6.19. The van der Waals surface area contributed by atoms with Crippen molar-refractivity contribution < 1.29 is 18.0 Å². The van der Waals surface area contributed by atoms with Crippen LogP contribution in [0.1, 0.15) is 45.0 Å². The third kappa shape index (κ3) is 3.78. The van der Waals surface area contributed by atoms with Gasteiger partial charge in [0, 0.05) is 4.88 Å². The molecule has 6 nitrogen and oxygen atoms in total. The number of rotatable bonds is 3. The van der Waals surface area contributed by atoms with Gasteiger partial charge in [-0.05, 0) is 48.8 Å². The van der Waals surface area contributed by atoms with Crippen LogP contribution in [0.5, 0.6) is 0 Å². The quantitative estimate of drug-likeness (QED) is 0.358. The number of hydrogen-bond acceptors (Lipinski definition) is 6. The van der Waals surface area contributed by atoms with Crippen molar-refractivity contribution in [3.8, 4) is 16.6 Å². The number of nitrogens with zero attached hydrogens (tertiary/aromatic N) is 4. The van der Waals surface area contributed by atoms with Crippen LogP contribution in [-0.4, -0.2) is 20.5 Å². The number of hydrogen-bond donors (Lipinski definition) is 1. The first-order valence-electron chi connectivity index (χ1n) is 9.84. The minimum Gasteiger partial charge on any atom is -0.311 e. The molecule has 1 aliphatic rings. The van der Waals surface area contributed by atoms with Crippen LogP contribution in [0.3, 0.4) is 0 Å². The van der Waals surface area contributed by atoms with Crippen LogP contribution in [0.2, 0.25) is 5.02 Å². The maximum atomic E-state index is 13.8. The fourth-order valence-electron chi connectivity index (χ4n) is 3.82. The molecular weight excluding hydrogens is 495 g/mol. The monoisotopic (exact) mass is 507 g/mol. The number of amides is 1. The van der Waals surface area contributed by atoms with E-state index in [4.69, 9.17) is 11.6 Å². The summed E-state index contributed by atoms with van der Waals surface area (Å²) < 4.78 is 41.9. The molecule has 4 aromatic rings. The summed E-state index contributed by atoms with van der Waals surface area (Å²) in [6, 6.07) is 6.35. The Bertz CT molecular complexity index is 1430. The van der Waals surface area contributed by atoms with Crippen molar-refractivity contribution in [2.75, 3.05) is 5.32 Å². The molecule has 1 amide bonds. The van der Waals surface area contributed by atoms with Gasteiger partial charge in [-0.1, -0.05) is 17.7 Å². The van der Waals surface area contributed by atoms with E-state index >= 15 is 0 Å². The lowest BCUT2D eigenvalue weighted by molar-refractivity contribution is -0.142. The molecule has 0 saturated heterocycles. The molecule has 0 aromatic carbocycles. The number of anilines is 1. The van der Waals surface area contributed by atoms with E-state index in [9.17, 15) is 23.2 Å². The number of nitrogens with one attached hydrogen (secondary N) is 1. The summed E-state index contributed by atoms with van der Waals surface area (Å²) in [6.07, 6.45) is -1.21. The standard InChI is InChI=1S/C21H13ClF3N5OS2/c22-16-17(19(31)28-20-11(9-26)10-4-1-2-5-13(10)33-20)29-30-15(21(23,24)25)8-12(27-18(16)30)14-6-3-7-32-14/h3,6-8H,1-2,4-5H2,(H,28,31). The van der Waals surface area contributed by atoms with Gasteiger partial charge in [-0.3, -0.25) is 4.79 Å². The minimum absolute atomic E-state index is 0.0799. The molecule has 0 bridgehead atoms. The molecule has 5 rings (SSSR count). The zero-order valence-corrected chi connectivity index (χ0v) is 19.1. The Labute approximate surface area is 198 Å². The van der Waals surface area contributed by atoms with Crippen molar-refractivity contribution >= 4 is 50.8 Å². The highest BCUT2D eigenvalue weighted by Gasteiger charge is 2.37. The zero-order chi connectivity index (χ0) is 23.3. The van der Waals surface area contributed by atoms with Crippen molar-refractivity contribution in [1.29, 1.82) is 5.26 Å². The van der Waals surface area contributed by atoms with Crippen molar-refractivity contribution in [2.24, 2.45) is 0 Å². The Morgan fingerprint density at radius 1 is 1.30 bits per heavy atom. The lowest BCUT2D eigenvalue weighted by atomic mass is 9.96. The van der Waals surface area contributed by atoms with Gasteiger partial charge in [0.05, 0.1) is 16.1 Å². The summed E-state index contributed by atoms with van der Waals surface area (Å²) in [7, 11) is 0. The Kier molecular flexibility index (Phi) is 5.39. The van der Waals surface area contributed by atoms with E-state index in [2.05, 4.69) is 21.5 Å². The largest absolute Gasteiger partial charge is 0.433 e. The average Bonchev–Trinajstić information content (AvgIpc) is 3.50. The van der Waals surface area contributed by atoms with Crippen LogP contribution in [0.4, 0.5) is 18.2 Å². The second-order valence-electron chi connectivity index (χ2n) is 7.38. The van der Waals surface area contributed by atoms with Crippen LogP contribution in [0.25, 0.3) is 16.2 Å². The Morgan fingerprint density at radius 3 is 2.79 bits per heavy atom. The van der Waals surface area contributed by atoms with Crippen molar-refractivity contribution in [2.45, 2.75) is 31.9 Å². The van der Waals surface area contributed by atoms with Gasteiger partial charge in [-0.25, -0.2) is 9.50 Å². The average molecular weight is 508 g/mol. The molecule has 168 valence electrons. The van der Waals surface area contributed by atoms with Crippen molar-refractivity contribution in [3.05, 3.63) is 56.0 Å². The second-order valence-corrected chi connectivity index (χ2v) is 9.81. The van der Waals surface area contributed by atoms with Crippen LogP contribution in [-0.2, 0) is 19.0 Å². The lowest BCUT2D eigenvalue weighted by Gasteiger charge is -2.10.